The number of amides is 1. The minimum atomic E-state index is -0.130. The van der Waals surface area contributed by atoms with Gasteiger partial charge in [0, 0.05) is 17.2 Å². The molecule has 0 spiro atoms. The molecule has 1 atom stereocenters. The molecular formula is C17H15NO2. The van der Waals surface area contributed by atoms with Crippen molar-refractivity contribution in [2.75, 3.05) is 12.4 Å². The Morgan fingerprint density at radius 3 is 2.60 bits per heavy atom. The fraction of sp³-hybridized carbons (Fsp3) is 0.118. The Morgan fingerprint density at radius 1 is 1.15 bits per heavy atom. The Bertz CT molecular complexity index is 677. The van der Waals surface area contributed by atoms with Crippen molar-refractivity contribution in [1.82, 2.24) is 0 Å². The lowest BCUT2D eigenvalue weighted by atomic mass is 9.82. The van der Waals surface area contributed by atoms with E-state index in [0.717, 1.165) is 22.6 Å². The fourth-order valence-electron chi connectivity index (χ4n) is 2.57. The first-order valence-corrected chi connectivity index (χ1v) is 6.43. The fourth-order valence-corrected chi connectivity index (χ4v) is 2.57. The van der Waals surface area contributed by atoms with Crippen LogP contribution in [0.3, 0.4) is 0 Å². The standard InChI is InChI=1S/C17H15NO2/c1-11-16(12-6-4-3-5-7-12)14-10-13(20-2)8-9-15(14)18-17(11)19/h3-10,16H,1H2,2H3,(H,18,19). The maximum atomic E-state index is 12.1. The molecular weight excluding hydrogens is 250 g/mol. The van der Waals surface area contributed by atoms with Gasteiger partial charge in [-0.2, -0.15) is 0 Å². The molecule has 2 aromatic carbocycles. The van der Waals surface area contributed by atoms with E-state index in [1.54, 1.807) is 7.11 Å². The Balaban J connectivity index is 2.18. The minimum Gasteiger partial charge on any atom is -0.497 e. The van der Waals surface area contributed by atoms with E-state index in [2.05, 4.69) is 11.9 Å². The molecule has 1 unspecified atom stereocenters. The first kappa shape index (κ1) is 12.5. The summed E-state index contributed by atoms with van der Waals surface area (Å²) in [6, 6.07) is 15.6. The number of methoxy groups -OCH3 is 1. The highest BCUT2D eigenvalue weighted by atomic mass is 16.5. The molecule has 3 nitrogen and oxygen atoms in total. The molecule has 1 N–H and O–H groups in total. The van der Waals surface area contributed by atoms with Gasteiger partial charge in [0.2, 0.25) is 0 Å². The Morgan fingerprint density at radius 2 is 1.90 bits per heavy atom. The number of fused-ring (bicyclic) bond motifs is 1. The van der Waals surface area contributed by atoms with E-state index >= 15 is 0 Å². The molecule has 20 heavy (non-hydrogen) atoms. The Kier molecular flexibility index (Phi) is 3.03. The second-order valence-electron chi connectivity index (χ2n) is 4.78. The average Bonchev–Trinajstić information content (AvgIpc) is 2.49. The van der Waals surface area contributed by atoms with Crippen LogP contribution in [0.4, 0.5) is 5.69 Å². The van der Waals surface area contributed by atoms with Crippen LogP contribution in [-0.4, -0.2) is 13.0 Å². The maximum absolute atomic E-state index is 12.1. The summed E-state index contributed by atoms with van der Waals surface area (Å²) >= 11 is 0. The molecule has 0 saturated carbocycles. The number of hydrogen-bond acceptors (Lipinski definition) is 2. The third-order valence-electron chi connectivity index (χ3n) is 3.59. The van der Waals surface area contributed by atoms with Gasteiger partial charge in [-0.15, -0.1) is 0 Å². The van der Waals surface area contributed by atoms with Crippen molar-refractivity contribution in [1.29, 1.82) is 0 Å². The minimum absolute atomic E-state index is 0.128. The summed E-state index contributed by atoms with van der Waals surface area (Å²) < 4.78 is 5.28. The summed E-state index contributed by atoms with van der Waals surface area (Å²) in [5.41, 5.74) is 3.44. The molecule has 1 aliphatic rings. The predicted molar refractivity (Wildman–Crippen MR) is 79.0 cm³/mol. The average molecular weight is 265 g/mol. The third-order valence-corrected chi connectivity index (χ3v) is 3.59. The highest BCUT2D eigenvalue weighted by Gasteiger charge is 2.30. The van der Waals surface area contributed by atoms with Crippen LogP contribution in [0.5, 0.6) is 5.75 Å². The van der Waals surface area contributed by atoms with Gasteiger partial charge in [0.1, 0.15) is 5.75 Å². The van der Waals surface area contributed by atoms with Gasteiger partial charge >= 0.3 is 0 Å². The molecule has 1 aliphatic heterocycles. The number of carbonyl (C=O) groups is 1. The van der Waals surface area contributed by atoms with Crippen molar-refractivity contribution < 1.29 is 9.53 Å². The van der Waals surface area contributed by atoms with E-state index in [1.807, 2.05) is 48.5 Å². The molecule has 0 bridgehead atoms. The zero-order valence-electron chi connectivity index (χ0n) is 11.2. The van der Waals surface area contributed by atoms with E-state index in [4.69, 9.17) is 4.74 Å². The second kappa shape index (κ2) is 4.85. The summed E-state index contributed by atoms with van der Waals surface area (Å²) in [6.07, 6.45) is 0. The van der Waals surface area contributed by atoms with Gasteiger partial charge in [-0.3, -0.25) is 4.79 Å². The molecule has 1 amide bonds. The van der Waals surface area contributed by atoms with Gasteiger partial charge in [0.15, 0.2) is 0 Å². The number of benzene rings is 2. The van der Waals surface area contributed by atoms with Crippen molar-refractivity contribution in [3.05, 3.63) is 71.8 Å². The van der Waals surface area contributed by atoms with Crippen LogP contribution in [0.2, 0.25) is 0 Å². The van der Waals surface area contributed by atoms with Crippen molar-refractivity contribution in [2.45, 2.75) is 5.92 Å². The van der Waals surface area contributed by atoms with Crippen LogP contribution in [0.1, 0.15) is 17.0 Å². The lowest BCUT2D eigenvalue weighted by molar-refractivity contribution is -0.113. The monoisotopic (exact) mass is 265 g/mol. The lowest BCUT2D eigenvalue weighted by Crippen LogP contribution is -2.26. The van der Waals surface area contributed by atoms with Crippen molar-refractivity contribution in [3.8, 4) is 5.75 Å². The number of rotatable bonds is 2. The van der Waals surface area contributed by atoms with E-state index in [-0.39, 0.29) is 11.8 Å². The molecule has 0 radical (unpaired) electrons. The van der Waals surface area contributed by atoms with Crippen molar-refractivity contribution in [3.63, 3.8) is 0 Å². The van der Waals surface area contributed by atoms with E-state index in [1.165, 1.54) is 0 Å². The molecule has 2 aromatic rings. The number of anilines is 1. The van der Waals surface area contributed by atoms with E-state index < -0.39 is 0 Å². The number of hydrogen-bond donors (Lipinski definition) is 1. The summed E-state index contributed by atoms with van der Waals surface area (Å²) in [4.78, 5) is 12.1. The highest BCUT2D eigenvalue weighted by molar-refractivity contribution is 6.08. The summed E-state index contributed by atoms with van der Waals surface area (Å²) in [7, 11) is 1.63. The van der Waals surface area contributed by atoms with Gasteiger partial charge in [-0.25, -0.2) is 0 Å². The maximum Gasteiger partial charge on any atom is 0.251 e. The molecule has 0 aliphatic carbocycles. The molecule has 3 rings (SSSR count). The van der Waals surface area contributed by atoms with Crippen LogP contribution in [0, 0.1) is 0 Å². The van der Waals surface area contributed by atoms with Gasteiger partial charge in [0.05, 0.1) is 7.11 Å². The first-order valence-electron chi connectivity index (χ1n) is 6.43. The van der Waals surface area contributed by atoms with E-state index in [0.29, 0.717) is 5.57 Å². The lowest BCUT2D eigenvalue weighted by Gasteiger charge is -2.28. The van der Waals surface area contributed by atoms with Crippen molar-refractivity contribution in [2.24, 2.45) is 0 Å². The third kappa shape index (κ3) is 1.97. The number of nitrogens with one attached hydrogen (secondary N) is 1. The van der Waals surface area contributed by atoms with Crippen molar-refractivity contribution >= 4 is 11.6 Å². The zero-order chi connectivity index (χ0) is 14.1. The van der Waals surface area contributed by atoms with E-state index in [9.17, 15) is 4.79 Å². The SMILES string of the molecule is C=C1C(=O)Nc2ccc(OC)cc2C1c1ccccc1. The molecule has 0 aromatic heterocycles. The zero-order valence-corrected chi connectivity index (χ0v) is 11.2. The predicted octanol–water partition coefficient (Wildman–Crippen LogP) is 3.34. The summed E-state index contributed by atoms with van der Waals surface area (Å²) in [6.45, 7) is 3.95. The molecule has 0 fully saturated rings. The van der Waals surface area contributed by atoms with Gasteiger partial charge in [0.25, 0.3) is 5.91 Å². The largest absolute Gasteiger partial charge is 0.497 e. The summed E-state index contributed by atoms with van der Waals surface area (Å²) in [5, 5.41) is 2.87. The van der Waals surface area contributed by atoms with Crippen LogP contribution < -0.4 is 10.1 Å². The number of ether oxygens (including phenoxy) is 1. The van der Waals surface area contributed by atoms with Gasteiger partial charge in [-0.1, -0.05) is 36.9 Å². The smallest absolute Gasteiger partial charge is 0.251 e. The highest BCUT2D eigenvalue weighted by Crippen LogP contribution is 2.41. The Hall–Kier alpha value is -2.55. The summed E-state index contributed by atoms with van der Waals surface area (Å²) in [5.74, 6) is 0.514. The van der Waals surface area contributed by atoms with Crippen LogP contribution in [0.15, 0.2) is 60.7 Å². The number of carbonyl (C=O) groups excluding carboxylic acids is 1. The van der Waals surface area contributed by atoms with Crippen LogP contribution in [-0.2, 0) is 4.79 Å². The molecule has 3 heteroatoms. The first-order chi connectivity index (χ1) is 9.70. The normalized spacial score (nSPS) is 17.4. The van der Waals surface area contributed by atoms with Crippen LogP contribution >= 0.6 is 0 Å². The molecule has 0 saturated heterocycles. The topological polar surface area (TPSA) is 38.3 Å². The Labute approximate surface area is 117 Å². The molecule has 100 valence electrons. The van der Waals surface area contributed by atoms with Gasteiger partial charge in [-0.05, 0) is 29.3 Å². The quantitative estimate of drug-likeness (QED) is 0.846. The second-order valence-corrected chi connectivity index (χ2v) is 4.78. The van der Waals surface area contributed by atoms with Gasteiger partial charge < -0.3 is 10.1 Å². The molecule has 1 heterocycles. The van der Waals surface area contributed by atoms with Crippen LogP contribution in [0.25, 0.3) is 0 Å².